The fraction of sp³-hybridized carbons (Fsp3) is 0.0435. The predicted molar refractivity (Wildman–Crippen MR) is 102 cm³/mol. The summed E-state index contributed by atoms with van der Waals surface area (Å²) in [6.45, 7) is 2.03. The molecule has 2 heteroatoms. The minimum atomic E-state index is 0.150. The van der Waals surface area contributed by atoms with Gasteiger partial charge in [-0.05, 0) is 30.2 Å². The largest absolute Gasteiger partial charge is 0.504 e. The van der Waals surface area contributed by atoms with Crippen molar-refractivity contribution in [2.45, 2.75) is 6.92 Å². The van der Waals surface area contributed by atoms with Gasteiger partial charge < -0.3 is 9.52 Å². The van der Waals surface area contributed by atoms with Crippen LogP contribution in [0, 0.1) is 6.92 Å². The van der Waals surface area contributed by atoms with Crippen LogP contribution in [0.1, 0.15) is 16.7 Å². The molecule has 25 heavy (non-hydrogen) atoms. The van der Waals surface area contributed by atoms with E-state index in [2.05, 4.69) is 12.1 Å². The van der Waals surface area contributed by atoms with E-state index in [1.807, 2.05) is 79.7 Å². The van der Waals surface area contributed by atoms with E-state index < -0.39 is 0 Å². The summed E-state index contributed by atoms with van der Waals surface area (Å²) in [5.41, 5.74) is 4.20. The maximum Gasteiger partial charge on any atom is 0.177 e. The van der Waals surface area contributed by atoms with Gasteiger partial charge in [-0.15, -0.1) is 0 Å². The minimum absolute atomic E-state index is 0.150. The number of hydrogen-bond donors (Lipinski definition) is 1. The van der Waals surface area contributed by atoms with Gasteiger partial charge in [0.1, 0.15) is 5.58 Å². The zero-order valence-corrected chi connectivity index (χ0v) is 13.9. The van der Waals surface area contributed by atoms with Crippen molar-refractivity contribution in [1.29, 1.82) is 0 Å². The molecule has 1 N–H and O–H groups in total. The number of furan rings is 1. The first-order valence-corrected chi connectivity index (χ1v) is 8.27. The normalized spacial score (nSPS) is 13.2. The zero-order valence-electron chi connectivity index (χ0n) is 13.9. The summed E-state index contributed by atoms with van der Waals surface area (Å²) in [4.78, 5) is 0. The Hall–Kier alpha value is -3.26. The van der Waals surface area contributed by atoms with E-state index in [1.165, 1.54) is 0 Å². The van der Waals surface area contributed by atoms with Crippen molar-refractivity contribution in [2.75, 3.05) is 0 Å². The van der Waals surface area contributed by atoms with Crippen LogP contribution < -0.4 is 10.6 Å². The van der Waals surface area contributed by atoms with Gasteiger partial charge in [0.15, 0.2) is 11.2 Å². The average molecular weight is 326 g/mol. The van der Waals surface area contributed by atoms with Crippen LogP contribution in [0.4, 0.5) is 0 Å². The quantitative estimate of drug-likeness (QED) is 0.596. The number of aryl methyl sites for hydroxylation is 1. The van der Waals surface area contributed by atoms with Crippen LogP contribution >= 0.6 is 0 Å². The molecule has 0 fully saturated rings. The molecule has 1 heterocycles. The number of aliphatic hydroxyl groups is 1. The molecule has 122 valence electrons. The standard InChI is InChI=1S/C23H18O2/c1-16-12-13-19-20(15-17-8-4-2-5-9-17)23(25-21(19)14-16)22(24)18-10-6-3-7-11-18/h2-15,24H,1H3. The zero-order chi connectivity index (χ0) is 17.2. The Balaban J connectivity index is 2.11. The van der Waals surface area contributed by atoms with E-state index in [-0.39, 0.29) is 5.76 Å². The molecular formula is C23H18O2. The van der Waals surface area contributed by atoms with Gasteiger partial charge >= 0.3 is 0 Å². The lowest BCUT2D eigenvalue weighted by Gasteiger charge is -1.97. The van der Waals surface area contributed by atoms with Gasteiger partial charge in [-0.2, -0.15) is 0 Å². The molecule has 0 atom stereocenters. The van der Waals surface area contributed by atoms with Gasteiger partial charge in [-0.1, -0.05) is 72.8 Å². The third-order valence-corrected chi connectivity index (χ3v) is 4.26. The molecule has 1 aromatic heterocycles. The lowest BCUT2D eigenvalue weighted by Crippen LogP contribution is -2.23. The molecule has 4 aromatic rings. The molecule has 0 radical (unpaired) electrons. The Labute approximate surface area is 146 Å². The van der Waals surface area contributed by atoms with Crippen LogP contribution in [0.2, 0.25) is 0 Å². The number of fused-ring (bicyclic) bond motifs is 1. The van der Waals surface area contributed by atoms with Crippen LogP contribution in [-0.2, 0) is 0 Å². The molecule has 0 spiro atoms. The molecule has 0 aliphatic heterocycles. The number of hydrogen-bond acceptors (Lipinski definition) is 2. The summed E-state index contributed by atoms with van der Waals surface area (Å²) in [6.07, 6.45) is 2.05. The lowest BCUT2D eigenvalue weighted by atomic mass is 10.1. The molecule has 0 saturated heterocycles. The van der Waals surface area contributed by atoms with Crippen molar-refractivity contribution in [3.63, 3.8) is 0 Å². The molecule has 0 saturated carbocycles. The number of rotatable bonds is 2. The van der Waals surface area contributed by atoms with Gasteiger partial charge in [0.25, 0.3) is 0 Å². The van der Waals surface area contributed by atoms with E-state index >= 15 is 0 Å². The number of aliphatic hydroxyl groups excluding tert-OH is 1. The Morgan fingerprint density at radius 1 is 0.880 bits per heavy atom. The summed E-state index contributed by atoms with van der Waals surface area (Å²) >= 11 is 0. The van der Waals surface area contributed by atoms with Gasteiger partial charge in [0.05, 0.1) is 0 Å². The fourth-order valence-electron chi connectivity index (χ4n) is 2.99. The highest BCUT2D eigenvalue weighted by Gasteiger charge is 2.09. The molecule has 0 bridgehead atoms. The molecule has 0 amide bonds. The third-order valence-electron chi connectivity index (χ3n) is 4.26. The first-order chi connectivity index (χ1) is 12.2. The Kier molecular flexibility index (Phi) is 3.87. The van der Waals surface area contributed by atoms with Crippen molar-refractivity contribution in [1.82, 2.24) is 0 Å². The molecule has 0 unspecified atom stereocenters. The van der Waals surface area contributed by atoms with E-state index in [0.29, 0.717) is 5.42 Å². The lowest BCUT2D eigenvalue weighted by molar-refractivity contribution is 0.471. The topological polar surface area (TPSA) is 33.4 Å². The predicted octanol–water partition coefficient (Wildman–Crippen LogP) is 4.28. The smallest absolute Gasteiger partial charge is 0.177 e. The summed E-state index contributed by atoms with van der Waals surface area (Å²) in [7, 11) is 0. The number of benzene rings is 3. The molecular weight excluding hydrogens is 308 g/mol. The monoisotopic (exact) mass is 326 g/mol. The van der Waals surface area contributed by atoms with Gasteiger partial charge in [-0.3, -0.25) is 0 Å². The van der Waals surface area contributed by atoms with E-state index in [1.54, 1.807) is 0 Å². The van der Waals surface area contributed by atoms with Crippen LogP contribution in [0.3, 0.4) is 0 Å². The van der Waals surface area contributed by atoms with Gasteiger partial charge in [-0.25, -0.2) is 0 Å². The second-order valence-electron chi connectivity index (χ2n) is 6.11. The second kappa shape index (κ2) is 6.33. The highest BCUT2D eigenvalue weighted by Crippen LogP contribution is 2.14. The van der Waals surface area contributed by atoms with Crippen LogP contribution in [0.15, 0.2) is 83.3 Å². The first-order valence-electron chi connectivity index (χ1n) is 8.27. The maximum atomic E-state index is 10.8. The van der Waals surface area contributed by atoms with E-state index in [4.69, 9.17) is 4.42 Å². The average Bonchev–Trinajstić information content (AvgIpc) is 3.00. The van der Waals surface area contributed by atoms with Crippen molar-refractivity contribution >= 4 is 22.8 Å². The van der Waals surface area contributed by atoms with Crippen molar-refractivity contribution < 1.29 is 9.52 Å². The molecule has 0 aliphatic carbocycles. The van der Waals surface area contributed by atoms with Crippen molar-refractivity contribution in [2.24, 2.45) is 0 Å². The van der Waals surface area contributed by atoms with Crippen LogP contribution in [-0.4, -0.2) is 5.11 Å². The first kappa shape index (κ1) is 15.3. The van der Waals surface area contributed by atoms with Crippen LogP contribution in [0.5, 0.6) is 0 Å². The fourth-order valence-corrected chi connectivity index (χ4v) is 2.99. The highest BCUT2D eigenvalue weighted by molar-refractivity contribution is 5.81. The summed E-state index contributed by atoms with van der Waals surface area (Å²) in [5.74, 6) is 0.150. The van der Waals surface area contributed by atoms with Gasteiger partial charge in [0.2, 0.25) is 0 Å². The summed E-state index contributed by atoms with van der Waals surface area (Å²) < 4.78 is 6.05. The Morgan fingerprint density at radius 3 is 2.28 bits per heavy atom. The Bertz CT molecular complexity index is 1140. The molecule has 4 rings (SSSR count). The molecule has 0 aliphatic rings. The maximum absolute atomic E-state index is 10.8. The Morgan fingerprint density at radius 2 is 1.56 bits per heavy atom. The molecule has 3 aromatic carbocycles. The SMILES string of the molecule is Cc1ccc2c(=Cc3ccccc3)c(=C(O)c3ccccc3)oc2c1. The second-order valence-corrected chi connectivity index (χ2v) is 6.11. The summed E-state index contributed by atoms with van der Waals surface area (Å²) in [6, 6.07) is 25.6. The van der Waals surface area contributed by atoms with Crippen molar-refractivity contribution in [3.05, 3.63) is 106 Å². The summed E-state index contributed by atoms with van der Waals surface area (Å²) in [5, 5.41) is 12.7. The van der Waals surface area contributed by atoms with Crippen molar-refractivity contribution in [3.8, 4) is 0 Å². The van der Waals surface area contributed by atoms with E-state index in [0.717, 1.165) is 32.9 Å². The van der Waals surface area contributed by atoms with Gasteiger partial charge in [0, 0.05) is 16.2 Å². The molecule has 2 nitrogen and oxygen atoms in total. The van der Waals surface area contributed by atoms with E-state index in [9.17, 15) is 5.11 Å². The highest BCUT2D eigenvalue weighted by atomic mass is 16.3. The minimum Gasteiger partial charge on any atom is -0.504 e. The van der Waals surface area contributed by atoms with Crippen LogP contribution in [0.25, 0.3) is 22.8 Å². The third kappa shape index (κ3) is 2.94.